The van der Waals surface area contributed by atoms with Crippen molar-refractivity contribution >= 4 is 5.97 Å². The van der Waals surface area contributed by atoms with Gasteiger partial charge in [-0.05, 0) is 31.3 Å². The van der Waals surface area contributed by atoms with Crippen LogP contribution < -0.4 is 0 Å². The molecule has 1 N–H and O–H groups in total. The predicted octanol–water partition coefficient (Wildman–Crippen LogP) is 4.00. The highest BCUT2D eigenvalue weighted by molar-refractivity contribution is 5.74. The van der Waals surface area contributed by atoms with E-state index in [0.717, 1.165) is 12.8 Å². The average molecular weight is 282 g/mol. The van der Waals surface area contributed by atoms with Crippen molar-refractivity contribution in [3.63, 3.8) is 0 Å². The molecule has 20 heavy (non-hydrogen) atoms. The number of carbonyl (C=O) groups excluding carboxylic acids is 1. The van der Waals surface area contributed by atoms with Crippen molar-refractivity contribution in [1.29, 1.82) is 0 Å². The second-order valence-corrected chi connectivity index (χ2v) is 6.11. The van der Waals surface area contributed by atoms with Crippen LogP contribution in [0.4, 0.5) is 0 Å². The minimum atomic E-state index is -0.785. The molecule has 0 aromatic rings. The molecule has 0 bridgehead atoms. The Balaban J connectivity index is 2.78. The lowest BCUT2D eigenvalue weighted by Gasteiger charge is -2.28. The second-order valence-electron chi connectivity index (χ2n) is 6.11. The lowest BCUT2D eigenvalue weighted by molar-refractivity contribution is -0.146. The van der Waals surface area contributed by atoms with E-state index in [-0.39, 0.29) is 12.4 Å². The number of carbonyl (C=O) groups is 1. The average Bonchev–Trinajstić information content (AvgIpc) is 2.70. The summed E-state index contributed by atoms with van der Waals surface area (Å²) in [5.74, 6) is 0.356. The van der Waals surface area contributed by atoms with E-state index < -0.39 is 11.7 Å². The first kappa shape index (κ1) is 17.2. The Bertz CT molecular complexity index is 348. The normalized spacial score (nSPS) is 28.6. The van der Waals surface area contributed by atoms with E-state index in [1.807, 2.05) is 13.0 Å². The number of allylic oxidation sites excluding steroid dienone is 1. The molecule has 116 valence electrons. The summed E-state index contributed by atoms with van der Waals surface area (Å²) >= 11 is 0. The SMILES string of the molecule is CCCC[C@H](C)C/C(=C\[C@@]1(CC)OC(=O)C[C@@H]1O)CC. The fourth-order valence-corrected chi connectivity index (χ4v) is 2.94. The predicted molar refractivity (Wildman–Crippen MR) is 81.4 cm³/mol. The van der Waals surface area contributed by atoms with E-state index in [1.54, 1.807) is 0 Å². The maximum atomic E-state index is 11.4. The fourth-order valence-electron chi connectivity index (χ4n) is 2.94. The third kappa shape index (κ3) is 4.34. The summed E-state index contributed by atoms with van der Waals surface area (Å²) in [6, 6.07) is 0. The highest BCUT2D eigenvalue weighted by Gasteiger charge is 2.45. The minimum absolute atomic E-state index is 0.118. The van der Waals surface area contributed by atoms with Gasteiger partial charge in [0.25, 0.3) is 0 Å². The van der Waals surface area contributed by atoms with Crippen molar-refractivity contribution in [2.75, 3.05) is 0 Å². The number of hydrogen-bond donors (Lipinski definition) is 1. The van der Waals surface area contributed by atoms with E-state index in [9.17, 15) is 9.90 Å². The standard InChI is InChI=1S/C17H30O3/c1-5-8-9-13(4)10-14(6-2)12-17(7-3)15(18)11-16(19)20-17/h12-13,15,18H,5-11H2,1-4H3/b14-12-/t13-,15-,17+/m0/s1. The molecule has 1 fully saturated rings. The zero-order valence-electron chi connectivity index (χ0n) is 13.4. The Morgan fingerprint density at radius 2 is 2.20 bits per heavy atom. The van der Waals surface area contributed by atoms with Crippen LogP contribution in [0.15, 0.2) is 11.6 Å². The molecule has 1 saturated heterocycles. The number of ether oxygens (including phenoxy) is 1. The largest absolute Gasteiger partial charge is 0.452 e. The van der Waals surface area contributed by atoms with E-state index in [2.05, 4.69) is 20.8 Å². The molecule has 0 aromatic carbocycles. The highest BCUT2D eigenvalue weighted by atomic mass is 16.6. The van der Waals surface area contributed by atoms with Crippen molar-refractivity contribution in [2.24, 2.45) is 5.92 Å². The summed E-state index contributed by atoms with van der Waals surface area (Å²) < 4.78 is 5.44. The summed E-state index contributed by atoms with van der Waals surface area (Å²) in [5, 5.41) is 10.1. The second kappa shape index (κ2) is 7.82. The summed E-state index contributed by atoms with van der Waals surface area (Å²) in [6.45, 7) is 8.58. The Morgan fingerprint density at radius 3 is 2.65 bits per heavy atom. The van der Waals surface area contributed by atoms with E-state index in [1.165, 1.54) is 24.8 Å². The van der Waals surface area contributed by atoms with Gasteiger partial charge in [0.05, 0.1) is 6.42 Å². The number of esters is 1. The fraction of sp³-hybridized carbons (Fsp3) is 0.824. The van der Waals surface area contributed by atoms with Crippen LogP contribution in [0, 0.1) is 5.92 Å². The Labute approximate surface area is 123 Å². The first-order valence-corrected chi connectivity index (χ1v) is 8.07. The minimum Gasteiger partial charge on any atom is -0.452 e. The van der Waals surface area contributed by atoms with Gasteiger partial charge in [-0.2, -0.15) is 0 Å². The zero-order chi connectivity index (χ0) is 15.2. The molecule has 0 radical (unpaired) electrons. The molecule has 1 aliphatic heterocycles. The van der Waals surface area contributed by atoms with Crippen LogP contribution >= 0.6 is 0 Å². The van der Waals surface area contributed by atoms with Gasteiger partial charge < -0.3 is 9.84 Å². The molecule has 3 atom stereocenters. The quantitative estimate of drug-likeness (QED) is 0.541. The van der Waals surface area contributed by atoms with Gasteiger partial charge >= 0.3 is 5.97 Å². The number of aliphatic hydroxyl groups is 1. The van der Waals surface area contributed by atoms with Crippen molar-refractivity contribution < 1.29 is 14.6 Å². The van der Waals surface area contributed by atoms with Crippen molar-refractivity contribution in [3.05, 3.63) is 11.6 Å². The number of cyclic esters (lactones) is 1. The maximum Gasteiger partial charge on any atom is 0.309 e. The van der Waals surface area contributed by atoms with E-state index in [0.29, 0.717) is 12.3 Å². The summed E-state index contributed by atoms with van der Waals surface area (Å²) in [5.41, 5.74) is 0.511. The zero-order valence-corrected chi connectivity index (χ0v) is 13.4. The molecule has 0 aliphatic carbocycles. The summed E-state index contributed by atoms with van der Waals surface area (Å²) in [6.07, 6.45) is 7.78. The number of hydrogen-bond acceptors (Lipinski definition) is 3. The maximum absolute atomic E-state index is 11.4. The van der Waals surface area contributed by atoms with Crippen LogP contribution in [-0.2, 0) is 9.53 Å². The lowest BCUT2D eigenvalue weighted by atomic mass is 9.87. The number of unbranched alkanes of at least 4 members (excludes halogenated alkanes) is 1. The van der Waals surface area contributed by atoms with Gasteiger partial charge in [-0.1, -0.05) is 52.5 Å². The van der Waals surface area contributed by atoms with Crippen LogP contribution in [0.25, 0.3) is 0 Å². The van der Waals surface area contributed by atoms with E-state index >= 15 is 0 Å². The van der Waals surface area contributed by atoms with Gasteiger partial charge in [-0.25, -0.2) is 0 Å². The van der Waals surface area contributed by atoms with Gasteiger partial charge in [0.15, 0.2) is 5.60 Å². The molecule has 1 aliphatic rings. The lowest BCUT2D eigenvalue weighted by Crippen LogP contribution is -2.37. The molecular formula is C17H30O3. The van der Waals surface area contributed by atoms with Crippen molar-refractivity contribution in [3.8, 4) is 0 Å². The highest BCUT2D eigenvalue weighted by Crippen LogP contribution is 2.34. The van der Waals surface area contributed by atoms with E-state index in [4.69, 9.17) is 4.74 Å². The van der Waals surface area contributed by atoms with Gasteiger partial charge in [-0.3, -0.25) is 4.79 Å². The molecule has 1 heterocycles. The summed E-state index contributed by atoms with van der Waals surface area (Å²) in [7, 11) is 0. The smallest absolute Gasteiger partial charge is 0.309 e. The van der Waals surface area contributed by atoms with Crippen LogP contribution in [0.2, 0.25) is 0 Å². The van der Waals surface area contributed by atoms with Gasteiger partial charge in [-0.15, -0.1) is 0 Å². The van der Waals surface area contributed by atoms with Gasteiger partial charge in [0.1, 0.15) is 6.10 Å². The molecule has 3 nitrogen and oxygen atoms in total. The van der Waals surface area contributed by atoms with Crippen LogP contribution in [0.3, 0.4) is 0 Å². The Kier molecular flexibility index (Phi) is 6.74. The van der Waals surface area contributed by atoms with Crippen molar-refractivity contribution in [2.45, 2.75) is 84.3 Å². The van der Waals surface area contributed by atoms with Gasteiger partial charge in [0, 0.05) is 0 Å². The first-order chi connectivity index (χ1) is 9.47. The molecule has 0 unspecified atom stereocenters. The molecule has 0 spiro atoms. The van der Waals surface area contributed by atoms with Gasteiger partial charge in [0.2, 0.25) is 0 Å². The molecular weight excluding hydrogens is 252 g/mol. The van der Waals surface area contributed by atoms with Crippen LogP contribution in [0.5, 0.6) is 0 Å². The molecule has 1 rings (SSSR count). The Morgan fingerprint density at radius 1 is 1.50 bits per heavy atom. The topological polar surface area (TPSA) is 46.5 Å². The van der Waals surface area contributed by atoms with Crippen LogP contribution in [-0.4, -0.2) is 22.8 Å². The molecule has 0 aromatic heterocycles. The Hall–Kier alpha value is -0.830. The molecule has 3 heteroatoms. The summed E-state index contributed by atoms with van der Waals surface area (Å²) in [4.78, 5) is 11.4. The third-order valence-corrected chi connectivity index (χ3v) is 4.34. The number of rotatable bonds is 8. The monoisotopic (exact) mass is 282 g/mol. The molecule has 0 saturated carbocycles. The number of aliphatic hydroxyl groups excluding tert-OH is 1. The van der Waals surface area contributed by atoms with Crippen LogP contribution in [0.1, 0.15) is 72.6 Å². The first-order valence-electron chi connectivity index (χ1n) is 8.07. The molecule has 0 amide bonds. The third-order valence-electron chi connectivity index (χ3n) is 4.34. The van der Waals surface area contributed by atoms with Crippen molar-refractivity contribution in [1.82, 2.24) is 0 Å².